The third kappa shape index (κ3) is 4.50. The molecule has 2 N–H and O–H groups in total. The Morgan fingerprint density at radius 3 is 2.16 bits per heavy atom. The van der Waals surface area contributed by atoms with E-state index in [1.165, 1.54) is 6.07 Å². The molecule has 172 valence electrons. The number of ether oxygens (including phenoxy) is 1. The summed E-state index contributed by atoms with van der Waals surface area (Å²) < 4.78 is 20.0. The van der Waals surface area contributed by atoms with Crippen molar-refractivity contribution in [1.82, 2.24) is 4.90 Å². The predicted molar refractivity (Wildman–Crippen MR) is 125 cm³/mol. The number of nitrogens with one attached hydrogen (secondary N) is 1. The van der Waals surface area contributed by atoms with Crippen LogP contribution in [0.3, 0.4) is 0 Å². The molecule has 0 unspecified atom stereocenters. The quantitative estimate of drug-likeness (QED) is 0.598. The fourth-order valence-electron chi connectivity index (χ4n) is 4.06. The first-order valence-electron chi connectivity index (χ1n) is 10.9. The zero-order chi connectivity index (χ0) is 24.0. The van der Waals surface area contributed by atoms with Crippen LogP contribution in [-0.4, -0.2) is 34.8 Å². The first kappa shape index (κ1) is 23.8. The zero-order valence-corrected chi connectivity index (χ0v) is 20.0. The van der Waals surface area contributed by atoms with Crippen LogP contribution < -0.4 is 4.74 Å². The van der Waals surface area contributed by atoms with E-state index < -0.39 is 5.82 Å². The maximum Gasteiger partial charge on any atom is 0.182 e. The molecule has 0 spiro atoms. The maximum absolute atomic E-state index is 14.6. The lowest BCUT2D eigenvalue weighted by Crippen LogP contribution is -2.31. The molecular formula is C26H33FN2O3. The molecule has 5 nitrogen and oxygen atoms in total. The monoisotopic (exact) mass is 440 g/mol. The van der Waals surface area contributed by atoms with Crippen LogP contribution in [-0.2, 0) is 17.4 Å². The number of halogens is 1. The zero-order valence-electron chi connectivity index (χ0n) is 20.0. The summed E-state index contributed by atoms with van der Waals surface area (Å²) in [7, 11) is 0. The van der Waals surface area contributed by atoms with E-state index in [1.807, 2.05) is 48.5 Å². The number of hydrogen-bond acceptors (Lipinski definition) is 4. The number of Topliss-reactive ketones (excluding diaryl/α,β-unsaturated/α-hetero) is 1. The Balaban J connectivity index is 1.94. The predicted octanol–water partition coefficient (Wildman–Crippen LogP) is 5.55. The molecule has 0 aromatic heterocycles. The number of phenolic OH excluding ortho intramolecular Hbond substituents is 1. The number of carbonyl (C=O) groups is 1. The third-order valence-electron chi connectivity index (χ3n) is 5.75. The smallest absolute Gasteiger partial charge is 0.182 e. The molecular weight excluding hydrogens is 407 g/mol. The van der Waals surface area contributed by atoms with Gasteiger partial charge < -0.3 is 14.7 Å². The lowest BCUT2D eigenvalue weighted by molar-refractivity contribution is 0.0962. The van der Waals surface area contributed by atoms with Gasteiger partial charge in [-0.15, -0.1) is 0 Å². The molecule has 32 heavy (non-hydrogen) atoms. The van der Waals surface area contributed by atoms with Gasteiger partial charge in [-0.1, -0.05) is 41.5 Å². The number of hydrogen-bond donors (Lipinski definition) is 2. The third-order valence-corrected chi connectivity index (χ3v) is 5.75. The summed E-state index contributed by atoms with van der Waals surface area (Å²) in [6, 6.07) is 6.51. The minimum atomic E-state index is -0.513. The molecule has 0 radical (unpaired) electrons. The summed E-state index contributed by atoms with van der Waals surface area (Å²) in [6.45, 7) is 14.4. The van der Waals surface area contributed by atoms with E-state index in [-0.39, 0.29) is 46.9 Å². The van der Waals surface area contributed by atoms with Crippen molar-refractivity contribution in [2.45, 2.75) is 65.8 Å². The Morgan fingerprint density at radius 1 is 1.09 bits per heavy atom. The number of benzene rings is 2. The highest BCUT2D eigenvalue weighted by Crippen LogP contribution is 2.40. The number of nitrogens with zero attached hydrogens (tertiary/aromatic N) is 1. The average Bonchev–Trinajstić information content (AvgIpc) is 2.96. The van der Waals surface area contributed by atoms with Crippen molar-refractivity contribution in [1.29, 1.82) is 5.41 Å². The van der Waals surface area contributed by atoms with Crippen molar-refractivity contribution in [3.63, 3.8) is 0 Å². The summed E-state index contributed by atoms with van der Waals surface area (Å²) >= 11 is 0. The molecule has 0 saturated carbocycles. The van der Waals surface area contributed by atoms with Gasteiger partial charge in [-0.05, 0) is 41.5 Å². The van der Waals surface area contributed by atoms with Crippen molar-refractivity contribution in [3.8, 4) is 11.5 Å². The second-order valence-electron chi connectivity index (χ2n) is 10.4. The van der Waals surface area contributed by atoms with Crippen LogP contribution >= 0.6 is 0 Å². The van der Waals surface area contributed by atoms with E-state index in [0.29, 0.717) is 34.6 Å². The molecule has 2 aromatic carbocycles. The van der Waals surface area contributed by atoms with Gasteiger partial charge in [-0.25, -0.2) is 4.39 Å². The topological polar surface area (TPSA) is 73.6 Å². The standard InChI is InChI=1S/C26H33FN2O3/c1-8-32-17-9-16-13-29(24(28)22(16)20(27)12-17)14-21(30)15-10-18(25(2,3)4)23(31)19(11-15)26(5,6)7/h9-12,28,31H,8,13-14H2,1-7H3. The second-order valence-corrected chi connectivity index (χ2v) is 10.4. The Labute approximate surface area is 189 Å². The van der Waals surface area contributed by atoms with E-state index >= 15 is 0 Å². The highest BCUT2D eigenvalue weighted by Gasteiger charge is 2.32. The van der Waals surface area contributed by atoms with Gasteiger partial charge in [0.15, 0.2) is 5.78 Å². The molecule has 1 aliphatic heterocycles. The Hall–Kier alpha value is -2.89. The van der Waals surface area contributed by atoms with E-state index in [4.69, 9.17) is 10.1 Å². The molecule has 0 aliphatic carbocycles. The van der Waals surface area contributed by atoms with Crippen LogP contribution in [0.4, 0.5) is 4.39 Å². The van der Waals surface area contributed by atoms with Gasteiger partial charge >= 0.3 is 0 Å². The van der Waals surface area contributed by atoms with E-state index in [9.17, 15) is 14.3 Å². The maximum atomic E-state index is 14.6. The van der Waals surface area contributed by atoms with Crippen LogP contribution in [0.15, 0.2) is 24.3 Å². The molecule has 1 aliphatic rings. The van der Waals surface area contributed by atoms with E-state index in [2.05, 4.69) is 0 Å². The number of carbonyl (C=O) groups excluding carboxylic acids is 1. The van der Waals surface area contributed by atoms with Crippen LogP contribution in [0.1, 0.15) is 81.1 Å². The summed E-state index contributed by atoms with van der Waals surface area (Å²) in [5, 5.41) is 19.3. The summed E-state index contributed by atoms with van der Waals surface area (Å²) in [5.41, 5.74) is 2.06. The van der Waals surface area contributed by atoms with Gasteiger partial charge in [0, 0.05) is 29.3 Å². The summed E-state index contributed by atoms with van der Waals surface area (Å²) in [5.74, 6) is -0.0503. The van der Waals surface area contributed by atoms with Crippen LogP contribution in [0, 0.1) is 11.2 Å². The fourth-order valence-corrected chi connectivity index (χ4v) is 4.06. The van der Waals surface area contributed by atoms with Crippen molar-refractivity contribution < 1.29 is 19.0 Å². The van der Waals surface area contributed by atoms with Gasteiger partial charge in [0.25, 0.3) is 0 Å². The van der Waals surface area contributed by atoms with E-state index in [1.54, 1.807) is 23.1 Å². The minimum absolute atomic E-state index is 0.000216. The van der Waals surface area contributed by atoms with Crippen LogP contribution in [0.25, 0.3) is 0 Å². The van der Waals surface area contributed by atoms with Gasteiger partial charge in [0.1, 0.15) is 23.2 Å². The molecule has 0 amide bonds. The normalized spacial score (nSPS) is 14.0. The highest BCUT2D eigenvalue weighted by molar-refractivity contribution is 6.05. The SMILES string of the molecule is CCOc1cc(F)c2c(c1)CN(CC(=O)c1cc(C(C)(C)C)c(O)c(C(C)(C)C)c1)C2=N. The van der Waals surface area contributed by atoms with Gasteiger partial charge in [0.05, 0.1) is 18.7 Å². The van der Waals surface area contributed by atoms with Crippen LogP contribution in [0.2, 0.25) is 0 Å². The van der Waals surface area contributed by atoms with Crippen molar-refractivity contribution >= 4 is 11.6 Å². The number of aromatic hydroxyl groups is 1. The molecule has 0 fully saturated rings. The van der Waals surface area contributed by atoms with Crippen molar-refractivity contribution in [2.24, 2.45) is 0 Å². The fraction of sp³-hybridized carbons (Fsp3) is 0.462. The molecule has 0 atom stereocenters. The second kappa shape index (κ2) is 8.23. The van der Waals surface area contributed by atoms with Crippen molar-refractivity contribution in [2.75, 3.05) is 13.2 Å². The first-order valence-corrected chi connectivity index (χ1v) is 10.9. The number of phenols is 1. The molecule has 1 heterocycles. The van der Waals surface area contributed by atoms with Gasteiger partial charge in [-0.3, -0.25) is 10.2 Å². The lowest BCUT2D eigenvalue weighted by Gasteiger charge is -2.28. The Kier molecular flexibility index (Phi) is 6.11. The van der Waals surface area contributed by atoms with Crippen LogP contribution in [0.5, 0.6) is 11.5 Å². The van der Waals surface area contributed by atoms with Gasteiger partial charge in [0.2, 0.25) is 0 Å². The molecule has 2 aromatic rings. The first-order chi connectivity index (χ1) is 14.7. The molecule has 3 rings (SSSR count). The Morgan fingerprint density at radius 2 is 1.66 bits per heavy atom. The number of fused-ring (bicyclic) bond motifs is 1. The lowest BCUT2D eigenvalue weighted by atomic mass is 9.78. The Bertz CT molecular complexity index is 1040. The molecule has 0 bridgehead atoms. The highest BCUT2D eigenvalue weighted by atomic mass is 19.1. The number of rotatable bonds is 5. The molecule has 6 heteroatoms. The van der Waals surface area contributed by atoms with Gasteiger partial charge in [-0.2, -0.15) is 0 Å². The van der Waals surface area contributed by atoms with Crippen molar-refractivity contribution in [3.05, 3.63) is 57.9 Å². The number of amidine groups is 1. The summed E-state index contributed by atoms with van der Waals surface area (Å²) in [4.78, 5) is 14.9. The molecule has 0 saturated heterocycles. The largest absolute Gasteiger partial charge is 0.507 e. The van der Waals surface area contributed by atoms with E-state index in [0.717, 1.165) is 0 Å². The minimum Gasteiger partial charge on any atom is -0.507 e. The summed E-state index contributed by atoms with van der Waals surface area (Å²) in [6.07, 6.45) is 0. The average molecular weight is 441 g/mol. The number of ketones is 1.